The Hall–Kier alpha value is -1.26. The number of urea groups is 1. The highest BCUT2D eigenvalue weighted by atomic mass is 16.4. The number of carbonyl (C=O) groups excluding carboxylic acids is 1. The van der Waals surface area contributed by atoms with E-state index in [2.05, 4.69) is 10.6 Å². The number of hydrogen-bond acceptors (Lipinski definition) is 2. The van der Waals surface area contributed by atoms with Crippen LogP contribution in [-0.4, -0.2) is 29.2 Å². The molecule has 1 fully saturated rings. The first-order valence-corrected chi connectivity index (χ1v) is 6.19. The highest BCUT2D eigenvalue weighted by Gasteiger charge is 2.29. The van der Waals surface area contributed by atoms with E-state index < -0.39 is 5.97 Å². The minimum atomic E-state index is -0.890. The van der Waals surface area contributed by atoms with Crippen LogP contribution < -0.4 is 10.6 Å². The van der Waals surface area contributed by atoms with Crippen molar-refractivity contribution in [2.75, 3.05) is 0 Å². The largest absolute Gasteiger partial charge is 0.481 e. The molecule has 2 atom stereocenters. The normalized spacial score (nSPS) is 18.6. The van der Waals surface area contributed by atoms with Crippen LogP contribution in [0.2, 0.25) is 0 Å². The van der Waals surface area contributed by atoms with Crippen molar-refractivity contribution in [1.82, 2.24) is 10.6 Å². The maximum atomic E-state index is 11.7. The Morgan fingerprint density at radius 3 is 2.24 bits per heavy atom. The maximum Gasteiger partial charge on any atom is 0.315 e. The molecule has 0 aromatic carbocycles. The topological polar surface area (TPSA) is 78.4 Å². The molecule has 0 saturated heterocycles. The first-order chi connectivity index (χ1) is 7.90. The Bertz CT molecular complexity index is 287. The fourth-order valence-corrected chi connectivity index (χ4v) is 1.77. The molecule has 0 aromatic rings. The monoisotopic (exact) mass is 242 g/mol. The molecule has 3 N–H and O–H groups in total. The molecule has 1 rings (SSSR count). The van der Waals surface area contributed by atoms with E-state index in [9.17, 15) is 9.59 Å². The summed E-state index contributed by atoms with van der Waals surface area (Å²) >= 11 is 0. The lowest BCUT2D eigenvalue weighted by Crippen LogP contribution is -2.48. The van der Waals surface area contributed by atoms with Crippen molar-refractivity contribution in [3.8, 4) is 0 Å². The molecule has 0 aromatic heterocycles. The average molecular weight is 242 g/mol. The Kier molecular flexibility index (Phi) is 4.78. The first kappa shape index (κ1) is 13.8. The van der Waals surface area contributed by atoms with Crippen molar-refractivity contribution in [2.24, 2.45) is 11.8 Å². The molecule has 5 heteroatoms. The zero-order chi connectivity index (χ0) is 13.0. The molecule has 0 aliphatic heterocycles. The molecule has 17 heavy (non-hydrogen) atoms. The molecule has 98 valence electrons. The summed E-state index contributed by atoms with van der Waals surface area (Å²) in [6.07, 6.45) is 2.30. The van der Waals surface area contributed by atoms with Crippen molar-refractivity contribution in [3.05, 3.63) is 0 Å². The van der Waals surface area contributed by atoms with E-state index in [4.69, 9.17) is 5.11 Å². The molecular formula is C12H22N2O3. The lowest BCUT2D eigenvalue weighted by atomic mass is 10.0. The van der Waals surface area contributed by atoms with E-state index in [-0.39, 0.29) is 30.5 Å². The van der Waals surface area contributed by atoms with E-state index in [1.165, 1.54) is 12.8 Å². The molecule has 1 aliphatic rings. The van der Waals surface area contributed by atoms with Crippen molar-refractivity contribution in [1.29, 1.82) is 0 Å². The summed E-state index contributed by atoms with van der Waals surface area (Å²) in [7, 11) is 0. The molecule has 0 bridgehead atoms. The van der Waals surface area contributed by atoms with Gasteiger partial charge in [-0.2, -0.15) is 0 Å². The predicted molar refractivity (Wildman–Crippen MR) is 64.7 cm³/mol. The Morgan fingerprint density at radius 1 is 1.24 bits per heavy atom. The minimum Gasteiger partial charge on any atom is -0.481 e. The third-order valence-electron chi connectivity index (χ3n) is 3.20. The smallest absolute Gasteiger partial charge is 0.315 e. The van der Waals surface area contributed by atoms with Crippen LogP contribution in [-0.2, 0) is 4.79 Å². The fourth-order valence-electron chi connectivity index (χ4n) is 1.77. The van der Waals surface area contributed by atoms with Gasteiger partial charge in [0, 0.05) is 12.1 Å². The maximum absolute atomic E-state index is 11.7. The highest BCUT2D eigenvalue weighted by molar-refractivity contribution is 5.76. The van der Waals surface area contributed by atoms with Crippen molar-refractivity contribution < 1.29 is 14.7 Å². The molecule has 0 spiro atoms. The number of aliphatic carboxylic acids is 1. The van der Waals surface area contributed by atoms with Gasteiger partial charge < -0.3 is 15.7 Å². The second-order valence-electron chi connectivity index (χ2n) is 5.19. The summed E-state index contributed by atoms with van der Waals surface area (Å²) in [5, 5.41) is 14.3. The van der Waals surface area contributed by atoms with E-state index in [1.807, 2.05) is 20.8 Å². The van der Waals surface area contributed by atoms with Gasteiger partial charge in [0.25, 0.3) is 0 Å². The summed E-state index contributed by atoms with van der Waals surface area (Å²) < 4.78 is 0. The highest BCUT2D eigenvalue weighted by Crippen LogP contribution is 2.32. The Balaban J connectivity index is 2.37. The number of nitrogens with one attached hydrogen (secondary N) is 2. The van der Waals surface area contributed by atoms with Crippen LogP contribution in [0.4, 0.5) is 4.79 Å². The Morgan fingerprint density at radius 2 is 1.82 bits per heavy atom. The minimum absolute atomic E-state index is 0.0388. The average Bonchev–Trinajstić information content (AvgIpc) is 2.98. The SMILES string of the molecule is CC(C)C(CC(=O)O)NC(=O)NC(C)C1CC1. The zero-order valence-electron chi connectivity index (χ0n) is 10.7. The quantitative estimate of drug-likeness (QED) is 0.661. The second-order valence-corrected chi connectivity index (χ2v) is 5.19. The number of hydrogen-bond donors (Lipinski definition) is 3. The van der Waals surface area contributed by atoms with Crippen LogP contribution in [0.1, 0.15) is 40.0 Å². The van der Waals surface area contributed by atoms with Gasteiger partial charge in [0.2, 0.25) is 0 Å². The van der Waals surface area contributed by atoms with Crippen LogP contribution in [0.15, 0.2) is 0 Å². The molecule has 0 radical (unpaired) electrons. The van der Waals surface area contributed by atoms with Crippen LogP contribution in [0.3, 0.4) is 0 Å². The van der Waals surface area contributed by atoms with Gasteiger partial charge in [0.1, 0.15) is 0 Å². The predicted octanol–water partition coefficient (Wildman–Crippen LogP) is 1.58. The molecule has 0 heterocycles. The molecule has 2 amide bonds. The van der Waals surface area contributed by atoms with Crippen LogP contribution >= 0.6 is 0 Å². The summed E-state index contributed by atoms with van der Waals surface area (Å²) in [5.74, 6) is -0.190. The lowest BCUT2D eigenvalue weighted by Gasteiger charge is -2.22. The first-order valence-electron chi connectivity index (χ1n) is 6.19. The van der Waals surface area contributed by atoms with E-state index in [1.54, 1.807) is 0 Å². The van der Waals surface area contributed by atoms with Gasteiger partial charge in [-0.25, -0.2) is 4.79 Å². The molecular weight excluding hydrogens is 220 g/mol. The summed E-state index contributed by atoms with van der Waals surface area (Å²) in [5.41, 5.74) is 0. The van der Waals surface area contributed by atoms with Crippen molar-refractivity contribution in [2.45, 2.75) is 52.1 Å². The third-order valence-corrected chi connectivity index (χ3v) is 3.20. The lowest BCUT2D eigenvalue weighted by molar-refractivity contribution is -0.137. The van der Waals surface area contributed by atoms with E-state index >= 15 is 0 Å². The van der Waals surface area contributed by atoms with Crippen LogP contribution in [0.25, 0.3) is 0 Å². The number of carboxylic acids is 1. The summed E-state index contributed by atoms with van der Waals surface area (Å²) in [6, 6.07) is -0.407. The molecule has 1 aliphatic carbocycles. The van der Waals surface area contributed by atoms with Crippen molar-refractivity contribution >= 4 is 12.0 Å². The van der Waals surface area contributed by atoms with E-state index in [0.717, 1.165) is 0 Å². The van der Waals surface area contributed by atoms with Crippen LogP contribution in [0, 0.1) is 11.8 Å². The standard InChI is InChI=1S/C12H22N2O3/c1-7(2)10(6-11(15)16)14-12(17)13-8(3)9-4-5-9/h7-10H,4-6H2,1-3H3,(H,15,16)(H2,13,14,17). The van der Waals surface area contributed by atoms with Gasteiger partial charge in [-0.15, -0.1) is 0 Å². The van der Waals surface area contributed by atoms with Gasteiger partial charge in [-0.1, -0.05) is 13.8 Å². The van der Waals surface area contributed by atoms with Gasteiger partial charge in [-0.05, 0) is 31.6 Å². The third kappa shape index (κ3) is 5.06. The van der Waals surface area contributed by atoms with Crippen LogP contribution in [0.5, 0.6) is 0 Å². The van der Waals surface area contributed by atoms with Gasteiger partial charge >= 0.3 is 12.0 Å². The fraction of sp³-hybridized carbons (Fsp3) is 0.833. The number of carboxylic acid groups (broad SMARTS) is 1. The number of rotatable bonds is 6. The number of amides is 2. The van der Waals surface area contributed by atoms with Crippen molar-refractivity contribution in [3.63, 3.8) is 0 Å². The molecule has 5 nitrogen and oxygen atoms in total. The summed E-state index contributed by atoms with van der Waals surface area (Å²) in [4.78, 5) is 22.3. The Labute approximate surface area is 102 Å². The van der Waals surface area contributed by atoms with E-state index in [0.29, 0.717) is 5.92 Å². The zero-order valence-corrected chi connectivity index (χ0v) is 10.7. The van der Waals surface area contributed by atoms with Gasteiger partial charge in [0.05, 0.1) is 6.42 Å². The summed E-state index contributed by atoms with van der Waals surface area (Å²) in [6.45, 7) is 5.79. The van der Waals surface area contributed by atoms with Gasteiger partial charge in [0.15, 0.2) is 0 Å². The number of carbonyl (C=O) groups is 2. The molecule has 1 saturated carbocycles. The second kappa shape index (κ2) is 5.89. The molecule has 2 unspecified atom stereocenters. The van der Waals surface area contributed by atoms with Gasteiger partial charge in [-0.3, -0.25) is 4.79 Å².